The average Bonchev–Trinajstić information content (AvgIpc) is 3.21. The molecular formula is C24H21F2N5O2. The lowest BCUT2D eigenvalue weighted by atomic mass is 10.0. The first-order valence-corrected chi connectivity index (χ1v) is 10.1. The largest absolute Gasteiger partial charge is 0.366 e. The lowest BCUT2D eigenvalue weighted by molar-refractivity contribution is 0.0257. The molecular weight excluding hydrogens is 428 g/mol. The van der Waals surface area contributed by atoms with Gasteiger partial charge in [0.25, 0.3) is 5.92 Å². The highest BCUT2D eigenvalue weighted by molar-refractivity contribution is 5.93. The second-order valence-corrected chi connectivity index (χ2v) is 7.69. The van der Waals surface area contributed by atoms with Gasteiger partial charge in [-0.05, 0) is 53.6 Å². The van der Waals surface area contributed by atoms with E-state index in [0.29, 0.717) is 11.3 Å². The van der Waals surface area contributed by atoms with E-state index < -0.39 is 24.4 Å². The van der Waals surface area contributed by atoms with Crippen molar-refractivity contribution in [1.82, 2.24) is 14.9 Å². The van der Waals surface area contributed by atoms with E-state index in [1.165, 1.54) is 0 Å². The predicted octanol–water partition coefficient (Wildman–Crippen LogP) is 4.57. The number of aromatic nitrogens is 2. The Bertz CT molecular complexity index is 1330. The molecule has 0 unspecified atom stereocenters. The van der Waals surface area contributed by atoms with Crippen LogP contribution in [0.1, 0.15) is 17.3 Å². The van der Waals surface area contributed by atoms with E-state index in [9.17, 15) is 18.4 Å². The van der Waals surface area contributed by atoms with Crippen LogP contribution in [0, 0.1) is 0 Å². The molecule has 9 heteroatoms. The number of nitrogens with two attached hydrogens (primary N) is 1. The molecule has 0 aliphatic heterocycles. The molecule has 0 saturated carbocycles. The zero-order valence-corrected chi connectivity index (χ0v) is 17.7. The van der Waals surface area contributed by atoms with E-state index in [1.54, 1.807) is 36.7 Å². The number of amides is 3. The quantitative estimate of drug-likeness (QED) is 0.402. The Labute approximate surface area is 188 Å². The minimum atomic E-state index is -2.99. The van der Waals surface area contributed by atoms with Crippen molar-refractivity contribution >= 4 is 28.7 Å². The highest BCUT2D eigenvalue weighted by Gasteiger charge is 2.21. The maximum absolute atomic E-state index is 12.9. The van der Waals surface area contributed by atoms with E-state index in [-0.39, 0.29) is 0 Å². The first kappa shape index (κ1) is 21.9. The van der Waals surface area contributed by atoms with E-state index in [4.69, 9.17) is 5.73 Å². The van der Waals surface area contributed by atoms with Crippen molar-refractivity contribution in [3.63, 3.8) is 0 Å². The van der Waals surface area contributed by atoms with Gasteiger partial charge in [0.15, 0.2) is 0 Å². The van der Waals surface area contributed by atoms with Gasteiger partial charge in [-0.3, -0.25) is 9.36 Å². The van der Waals surface area contributed by atoms with Gasteiger partial charge in [0.2, 0.25) is 5.91 Å². The van der Waals surface area contributed by atoms with Crippen molar-refractivity contribution in [3.8, 4) is 16.8 Å². The Morgan fingerprint density at radius 1 is 1.03 bits per heavy atom. The number of primary amides is 1. The van der Waals surface area contributed by atoms with Crippen molar-refractivity contribution in [1.29, 1.82) is 0 Å². The number of nitrogens with one attached hydrogen (secondary N) is 2. The lowest BCUT2D eigenvalue weighted by Gasteiger charge is -2.13. The van der Waals surface area contributed by atoms with E-state index in [1.807, 2.05) is 41.0 Å². The SMILES string of the molecule is CC(F)(F)CNC(=O)Nc1cccc(-n2cnc3cc(-c4ccc(C(N)=O)cc4)ccc32)c1. The smallest absolute Gasteiger partial charge is 0.319 e. The normalized spacial score (nSPS) is 11.4. The van der Waals surface area contributed by atoms with Gasteiger partial charge in [0, 0.05) is 23.9 Å². The highest BCUT2D eigenvalue weighted by atomic mass is 19.3. The van der Waals surface area contributed by atoms with E-state index >= 15 is 0 Å². The Balaban J connectivity index is 1.56. The van der Waals surface area contributed by atoms with E-state index in [2.05, 4.69) is 15.6 Å². The standard InChI is InChI=1S/C24H21F2N5O2/c1-24(25,26)13-28-23(33)30-18-3-2-4-19(12-18)31-14-29-20-11-17(9-10-21(20)31)15-5-7-16(8-6-15)22(27)32/h2-12,14H,13H2,1H3,(H2,27,32)(H2,28,30,33). The van der Waals surface area contributed by atoms with Crippen molar-refractivity contribution < 1.29 is 18.4 Å². The highest BCUT2D eigenvalue weighted by Crippen LogP contribution is 2.26. The summed E-state index contributed by atoms with van der Waals surface area (Å²) >= 11 is 0. The molecule has 0 fully saturated rings. The fourth-order valence-electron chi connectivity index (χ4n) is 3.37. The van der Waals surface area contributed by atoms with Crippen LogP contribution in [0.5, 0.6) is 0 Å². The monoisotopic (exact) mass is 449 g/mol. The summed E-state index contributed by atoms with van der Waals surface area (Å²) in [6, 6.07) is 19.1. The van der Waals surface area contributed by atoms with Crippen LogP contribution in [0.15, 0.2) is 73.1 Å². The Hall–Kier alpha value is -4.27. The minimum absolute atomic E-state index is 0.440. The van der Waals surface area contributed by atoms with Crippen LogP contribution in [0.25, 0.3) is 27.8 Å². The molecule has 4 rings (SSSR count). The maximum Gasteiger partial charge on any atom is 0.319 e. The number of imidazole rings is 1. The molecule has 0 atom stereocenters. The molecule has 0 radical (unpaired) electrons. The molecule has 0 spiro atoms. The van der Waals surface area contributed by atoms with Gasteiger partial charge in [-0.15, -0.1) is 0 Å². The first-order valence-electron chi connectivity index (χ1n) is 10.1. The number of carbonyl (C=O) groups excluding carboxylic acids is 2. The van der Waals surface area contributed by atoms with Gasteiger partial charge in [-0.1, -0.05) is 24.3 Å². The molecule has 168 valence electrons. The molecule has 1 heterocycles. The number of hydrogen-bond donors (Lipinski definition) is 3. The molecule has 0 bridgehead atoms. The van der Waals surface area contributed by atoms with Crippen LogP contribution >= 0.6 is 0 Å². The van der Waals surface area contributed by atoms with Gasteiger partial charge in [-0.25, -0.2) is 18.6 Å². The number of rotatable bonds is 6. The van der Waals surface area contributed by atoms with Crippen LogP contribution in [0.3, 0.4) is 0 Å². The van der Waals surface area contributed by atoms with Crippen molar-refractivity contribution in [2.24, 2.45) is 5.73 Å². The molecule has 0 saturated heterocycles. The predicted molar refractivity (Wildman–Crippen MR) is 123 cm³/mol. The lowest BCUT2D eigenvalue weighted by Crippen LogP contribution is -2.37. The second kappa shape index (κ2) is 8.70. The average molecular weight is 449 g/mol. The Morgan fingerprint density at radius 2 is 1.76 bits per heavy atom. The van der Waals surface area contributed by atoms with Gasteiger partial charge in [0.1, 0.15) is 6.33 Å². The zero-order valence-electron chi connectivity index (χ0n) is 17.7. The van der Waals surface area contributed by atoms with Gasteiger partial charge < -0.3 is 16.4 Å². The summed E-state index contributed by atoms with van der Waals surface area (Å²) in [6.45, 7) is -0.0160. The number of urea groups is 1. The zero-order chi connectivity index (χ0) is 23.6. The number of benzene rings is 3. The van der Waals surface area contributed by atoms with E-state index in [0.717, 1.165) is 34.8 Å². The van der Waals surface area contributed by atoms with Crippen molar-refractivity contribution in [2.75, 3.05) is 11.9 Å². The van der Waals surface area contributed by atoms with Gasteiger partial charge in [0.05, 0.1) is 17.6 Å². The fourth-order valence-corrected chi connectivity index (χ4v) is 3.37. The summed E-state index contributed by atoms with van der Waals surface area (Å²) < 4.78 is 27.7. The summed E-state index contributed by atoms with van der Waals surface area (Å²) in [7, 11) is 0. The number of hydrogen-bond acceptors (Lipinski definition) is 3. The van der Waals surface area contributed by atoms with Crippen LogP contribution in [-0.2, 0) is 0 Å². The van der Waals surface area contributed by atoms with Crippen molar-refractivity contribution in [3.05, 3.63) is 78.6 Å². The molecule has 7 nitrogen and oxygen atoms in total. The van der Waals surface area contributed by atoms with Gasteiger partial charge in [-0.2, -0.15) is 0 Å². The summed E-state index contributed by atoms with van der Waals surface area (Å²) in [5, 5.41) is 4.70. The number of alkyl halides is 2. The first-order chi connectivity index (χ1) is 15.7. The summed E-state index contributed by atoms with van der Waals surface area (Å²) in [6.07, 6.45) is 1.67. The molecule has 1 aromatic heterocycles. The minimum Gasteiger partial charge on any atom is -0.366 e. The third-order valence-electron chi connectivity index (χ3n) is 4.99. The Morgan fingerprint density at radius 3 is 2.45 bits per heavy atom. The molecule has 3 amide bonds. The topological polar surface area (TPSA) is 102 Å². The number of nitrogens with zero attached hydrogens (tertiary/aromatic N) is 2. The Kier molecular flexibility index (Phi) is 5.78. The summed E-state index contributed by atoms with van der Waals surface area (Å²) in [4.78, 5) is 27.6. The number of fused-ring (bicyclic) bond motifs is 1. The van der Waals surface area contributed by atoms with Gasteiger partial charge >= 0.3 is 6.03 Å². The van der Waals surface area contributed by atoms with Crippen molar-refractivity contribution in [2.45, 2.75) is 12.8 Å². The number of anilines is 1. The van der Waals surface area contributed by atoms with Crippen LogP contribution in [0.2, 0.25) is 0 Å². The molecule has 33 heavy (non-hydrogen) atoms. The molecule has 0 aliphatic rings. The summed E-state index contributed by atoms with van der Waals surface area (Å²) in [5.41, 5.74) is 10.4. The molecule has 3 aromatic carbocycles. The molecule has 4 aromatic rings. The molecule has 4 N–H and O–H groups in total. The number of halogens is 2. The van der Waals surface area contributed by atoms with Crippen LogP contribution in [-0.4, -0.2) is 34.0 Å². The van der Waals surface area contributed by atoms with Crippen LogP contribution < -0.4 is 16.4 Å². The van der Waals surface area contributed by atoms with Crippen LogP contribution in [0.4, 0.5) is 19.3 Å². The third kappa shape index (κ3) is 5.15. The third-order valence-corrected chi connectivity index (χ3v) is 4.99. The maximum atomic E-state index is 12.9. The summed E-state index contributed by atoms with van der Waals surface area (Å²) in [5.74, 6) is -3.47. The second-order valence-electron chi connectivity index (χ2n) is 7.69. The molecule has 0 aliphatic carbocycles. The number of carbonyl (C=O) groups is 2. The fraction of sp³-hybridized carbons (Fsp3) is 0.125.